The summed E-state index contributed by atoms with van der Waals surface area (Å²) in [5, 5.41) is 0. The first-order valence-corrected chi connectivity index (χ1v) is 2.03. The van der Waals surface area contributed by atoms with Gasteiger partial charge in [0.2, 0.25) is 0 Å². The summed E-state index contributed by atoms with van der Waals surface area (Å²) in [6.45, 7) is 0. The van der Waals surface area contributed by atoms with E-state index in [0.29, 0.717) is 0 Å². The monoisotopic (exact) mass is 86.0 g/mol. The Kier molecular flexibility index (Phi) is 1.04. The number of hydrogen-bond donors (Lipinski definition) is 0. The quantitative estimate of drug-likeness (QED) is 0.303. The summed E-state index contributed by atoms with van der Waals surface area (Å²) < 4.78 is 0. The molecule has 1 aliphatic rings. The second-order valence-electron chi connectivity index (χ2n) is 1.27. The molecule has 0 bridgehead atoms. The van der Waals surface area contributed by atoms with Crippen molar-refractivity contribution >= 4 is 7.85 Å². The minimum absolute atomic E-state index is 0.735. The lowest BCUT2D eigenvalue weighted by Gasteiger charge is -1.83. The van der Waals surface area contributed by atoms with E-state index in [2.05, 4.69) is 11.5 Å². The molecule has 0 heterocycles. The lowest BCUT2D eigenvalue weighted by Crippen LogP contribution is -1.71. The molecule has 0 aromatic rings. The average molecular weight is 85.9 g/mol. The Hall–Kier alpha value is -0.895. The summed E-state index contributed by atoms with van der Waals surface area (Å²) in [5.74, 6) is 0. The third-order valence-electron chi connectivity index (χ3n) is 0.681. The van der Waals surface area contributed by atoms with E-state index in [0.717, 1.165) is 5.47 Å². The van der Waals surface area contributed by atoms with Gasteiger partial charge in [-0.2, -0.15) is 0 Å². The Bertz CT molecular complexity index is 186. The fourth-order valence-corrected chi connectivity index (χ4v) is 0.359. The lowest BCUT2D eigenvalue weighted by atomic mass is 9.94. The first kappa shape index (κ1) is 4.27. The molecule has 0 N–H and O–H groups in total. The molecule has 0 unspecified atom stereocenters. The van der Waals surface area contributed by atoms with E-state index >= 15 is 0 Å². The van der Waals surface area contributed by atoms with E-state index in [9.17, 15) is 0 Å². The van der Waals surface area contributed by atoms with E-state index in [4.69, 9.17) is 7.85 Å². The molecule has 1 aliphatic carbocycles. The van der Waals surface area contributed by atoms with Gasteiger partial charge in [0.15, 0.2) is 0 Å². The molecule has 0 atom stereocenters. The van der Waals surface area contributed by atoms with Crippen LogP contribution in [0, 0.1) is 0 Å². The van der Waals surface area contributed by atoms with E-state index in [1.54, 1.807) is 18.2 Å². The molecule has 0 saturated carbocycles. The van der Waals surface area contributed by atoms with Crippen molar-refractivity contribution in [1.29, 1.82) is 0 Å². The van der Waals surface area contributed by atoms with Crippen LogP contribution < -0.4 is 0 Å². The molecular formula is C6H3B. The second-order valence-corrected chi connectivity index (χ2v) is 1.27. The van der Waals surface area contributed by atoms with Gasteiger partial charge in [0, 0.05) is 0 Å². The van der Waals surface area contributed by atoms with Gasteiger partial charge in [0.05, 0.1) is 0 Å². The molecule has 0 fully saturated rings. The molecule has 0 nitrogen and oxygen atoms in total. The van der Waals surface area contributed by atoms with Crippen molar-refractivity contribution in [2.45, 2.75) is 0 Å². The van der Waals surface area contributed by atoms with Crippen molar-refractivity contribution in [3.05, 3.63) is 35.2 Å². The maximum absolute atomic E-state index is 5.31. The van der Waals surface area contributed by atoms with Crippen LogP contribution in [0.1, 0.15) is 0 Å². The minimum Gasteiger partial charge on any atom is -0.0878 e. The van der Waals surface area contributed by atoms with Crippen molar-refractivity contribution in [2.24, 2.45) is 0 Å². The minimum atomic E-state index is 0.735. The predicted octanol–water partition coefficient (Wildman–Crippen LogP) is 0.919. The highest BCUT2D eigenvalue weighted by Crippen LogP contribution is 1.91. The summed E-state index contributed by atoms with van der Waals surface area (Å²) in [4.78, 5) is 0. The second kappa shape index (κ2) is 1.70. The van der Waals surface area contributed by atoms with Crippen LogP contribution in [0.25, 0.3) is 0 Å². The molecule has 7 heavy (non-hydrogen) atoms. The van der Waals surface area contributed by atoms with Crippen molar-refractivity contribution in [2.75, 3.05) is 0 Å². The number of hydrogen-bond acceptors (Lipinski definition) is 0. The summed E-state index contributed by atoms with van der Waals surface area (Å²) in [6, 6.07) is 0. The molecule has 0 amide bonds. The topological polar surface area (TPSA) is 0 Å². The van der Waals surface area contributed by atoms with Crippen LogP contribution in [0.15, 0.2) is 35.2 Å². The fraction of sp³-hybridized carbons (Fsp3) is 0. The highest BCUT2D eigenvalue weighted by atomic mass is 13.7. The fourth-order valence-electron chi connectivity index (χ4n) is 0.359. The molecule has 2 radical (unpaired) electrons. The highest BCUT2D eigenvalue weighted by Gasteiger charge is 1.75. The van der Waals surface area contributed by atoms with E-state index in [1.165, 1.54) is 0 Å². The molecule has 0 aromatic carbocycles. The molecule has 0 aromatic heterocycles. The normalized spacial score (nSPS) is 14.6. The third kappa shape index (κ3) is 0.975. The van der Waals surface area contributed by atoms with Crippen LogP contribution in [0.2, 0.25) is 0 Å². The van der Waals surface area contributed by atoms with Crippen LogP contribution >= 0.6 is 0 Å². The Morgan fingerprint density at radius 2 is 2.29 bits per heavy atom. The van der Waals surface area contributed by atoms with Gasteiger partial charge in [-0.1, -0.05) is 23.0 Å². The zero-order valence-electron chi connectivity index (χ0n) is 3.81. The van der Waals surface area contributed by atoms with Gasteiger partial charge in [0.1, 0.15) is 7.85 Å². The molecular weight excluding hydrogens is 82.9 g/mol. The van der Waals surface area contributed by atoms with Crippen molar-refractivity contribution in [3.8, 4) is 0 Å². The zero-order valence-corrected chi connectivity index (χ0v) is 3.81. The largest absolute Gasteiger partial charge is 0.114 e. The van der Waals surface area contributed by atoms with E-state index in [1.807, 2.05) is 0 Å². The number of allylic oxidation sites excluding steroid dienone is 4. The van der Waals surface area contributed by atoms with Gasteiger partial charge in [0.25, 0.3) is 0 Å². The van der Waals surface area contributed by atoms with Crippen LogP contribution in [-0.2, 0) is 0 Å². The first-order chi connectivity index (χ1) is 3.39. The van der Waals surface area contributed by atoms with Gasteiger partial charge in [-0.25, -0.2) is 0 Å². The molecule has 1 heteroatoms. The first-order valence-electron chi connectivity index (χ1n) is 2.03. The van der Waals surface area contributed by atoms with E-state index < -0.39 is 0 Å². The van der Waals surface area contributed by atoms with Gasteiger partial charge in [-0.3, -0.25) is 0 Å². The smallest absolute Gasteiger partial charge is 0.0878 e. The highest BCUT2D eigenvalue weighted by molar-refractivity contribution is 6.23. The summed E-state index contributed by atoms with van der Waals surface area (Å²) in [7, 11) is 5.31. The number of rotatable bonds is 0. The van der Waals surface area contributed by atoms with Crippen molar-refractivity contribution < 1.29 is 0 Å². The van der Waals surface area contributed by atoms with Crippen LogP contribution in [0.3, 0.4) is 0 Å². The van der Waals surface area contributed by atoms with Crippen LogP contribution in [0.5, 0.6) is 0 Å². The summed E-state index contributed by atoms with van der Waals surface area (Å²) in [5.41, 5.74) is 6.17. The van der Waals surface area contributed by atoms with Crippen molar-refractivity contribution in [1.82, 2.24) is 0 Å². The van der Waals surface area contributed by atoms with E-state index in [-0.39, 0.29) is 0 Å². The van der Waals surface area contributed by atoms with Gasteiger partial charge >= 0.3 is 0 Å². The SMILES string of the molecule is [B]C1=CC=C=C=C1. The Morgan fingerprint density at radius 3 is 2.57 bits per heavy atom. The molecule has 0 aliphatic heterocycles. The van der Waals surface area contributed by atoms with Gasteiger partial charge in [-0.15, -0.1) is 0 Å². The van der Waals surface area contributed by atoms with Crippen LogP contribution in [0.4, 0.5) is 0 Å². The molecule has 0 spiro atoms. The summed E-state index contributed by atoms with van der Waals surface area (Å²) >= 11 is 0. The summed E-state index contributed by atoms with van der Waals surface area (Å²) in [6.07, 6.45) is 5.19. The lowest BCUT2D eigenvalue weighted by molar-refractivity contribution is 1.82. The predicted molar refractivity (Wildman–Crippen MR) is 30.0 cm³/mol. The molecule has 1 rings (SSSR count). The standard InChI is InChI=1S/C6H3B/c7-6-4-2-1-3-5-6/h2,4-5H. The van der Waals surface area contributed by atoms with Gasteiger partial charge < -0.3 is 0 Å². The average Bonchev–Trinajstić information content (AvgIpc) is 1.69. The maximum Gasteiger partial charge on any atom is 0.114 e. The Morgan fingerprint density at radius 1 is 1.43 bits per heavy atom. The molecule has 0 saturated heterocycles. The Balaban J connectivity index is 3.02. The Labute approximate surface area is 44.0 Å². The van der Waals surface area contributed by atoms with Crippen LogP contribution in [-0.4, -0.2) is 7.85 Å². The van der Waals surface area contributed by atoms with Gasteiger partial charge in [-0.05, 0) is 12.2 Å². The maximum atomic E-state index is 5.31. The molecule has 30 valence electrons. The van der Waals surface area contributed by atoms with Crippen molar-refractivity contribution in [3.63, 3.8) is 0 Å². The third-order valence-corrected chi connectivity index (χ3v) is 0.681. The zero-order chi connectivity index (χ0) is 5.11.